The standard InChI is InChI=1S/C24H25FN6O2S.ClH/c25-17-10-27-18-2-4-21(33)31-12-14(22(17)23(18)31)11-30-7-5-15(6-8-30)26-9-16-1-3-19-24(28-16)29-20(32)13-34-19;/h1-4,10,14-15,26H,5-9,11-13H2,(H,28,29,32);1H. The molecule has 0 saturated carbocycles. The summed E-state index contributed by atoms with van der Waals surface area (Å²) in [7, 11) is 0. The number of thioether (sulfide) groups is 1. The lowest BCUT2D eigenvalue weighted by molar-refractivity contribution is -0.113. The average Bonchev–Trinajstić information content (AvgIpc) is 3.23. The van der Waals surface area contributed by atoms with Crippen LogP contribution in [0.5, 0.6) is 0 Å². The predicted molar refractivity (Wildman–Crippen MR) is 136 cm³/mol. The summed E-state index contributed by atoms with van der Waals surface area (Å²) >= 11 is 1.51. The van der Waals surface area contributed by atoms with Crippen LogP contribution in [0.2, 0.25) is 0 Å². The molecule has 2 N–H and O–H groups in total. The van der Waals surface area contributed by atoms with Gasteiger partial charge in [-0.1, -0.05) is 0 Å². The average molecular weight is 517 g/mol. The first kappa shape index (κ1) is 24.2. The van der Waals surface area contributed by atoms with E-state index in [0.29, 0.717) is 47.3 Å². The van der Waals surface area contributed by atoms with Crippen molar-refractivity contribution in [3.05, 3.63) is 57.9 Å². The first-order valence-electron chi connectivity index (χ1n) is 11.6. The van der Waals surface area contributed by atoms with Crippen molar-refractivity contribution in [3.63, 3.8) is 0 Å². The first-order valence-corrected chi connectivity index (χ1v) is 12.6. The minimum absolute atomic E-state index is 0. The van der Waals surface area contributed by atoms with Gasteiger partial charge in [0, 0.05) is 43.2 Å². The van der Waals surface area contributed by atoms with E-state index in [-0.39, 0.29) is 35.6 Å². The zero-order chi connectivity index (χ0) is 23.2. The minimum Gasteiger partial charge on any atom is -0.309 e. The van der Waals surface area contributed by atoms with E-state index in [1.54, 1.807) is 10.6 Å². The fourth-order valence-corrected chi connectivity index (χ4v) is 6.03. The summed E-state index contributed by atoms with van der Waals surface area (Å²) < 4.78 is 16.4. The van der Waals surface area contributed by atoms with Gasteiger partial charge < -0.3 is 20.1 Å². The fourth-order valence-electron chi connectivity index (χ4n) is 5.28. The number of halogens is 2. The van der Waals surface area contributed by atoms with E-state index in [1.165, 1.54) is 24.0 Å². The number of hydrogen-bond acceptors (Lipinski definition) is 7. The molecule has 3 aromatic heterocycles. The molecule has 3 aliphatic heterocycles. The Hall–Kier alpha value is -2.53. The van der Waals surface area contributed by atoms with Crippen LogP contribution in [0.25, 0.3) is 11.0 Å². The quantitative estimate of drug-likeness (QED) is 0.538. The number of nitrogens with one attached hydrogen (secondary N) is 2. The van der Waals surface area contributed by atoms with Gasteiger partial charge in [-0.05, 0) is 44.1 Å². The molecule has 1 unspecified atom stereocenters. The second-order valence-corrected chi connectivity index (χ2v) is 10.2. The van der Waals surface area contributed by atoms with Crippen LogP contribution in [0.3, 0.4) is 0 Å². The second-order valence-electron chi connectivity index (χ2n) is 9.17. The second kappa shape index (κ2) is 9.85. The molecule has 6 rings (SSSR count). The van der Waals surface area contributed by atoms with Gasteiger partial charge in [-0.25, -0.2) is 9.37 Å². The van der Waals surface area contributed by atoms with E-state index in [4.69, 9.17) is 0 Å². The lowest BCUT2D eigenvalue weighted by Gasteiger charge is -2.34. The molecule has 1 saturated heterocycles. The Bertz CT molecular complexity index is 1340. The number of aromatic nitrogens is 3. The Kier molecular flexibility index (Phi) is 6.80. The van der Waals surface area contributed by atoms with Gasteiger partial charge in [-0.3, -0.25) is 14.6 Å². The molecule has 6 heterocycles. The molecule has 0 bridgehead atoms. The summed E-state index contributed by atoms with van der Waals surface area (Å²) in [6, 6.07) is 7.61. The number of pyridine rings is 3. The van der Waals surface area contributed by atoms with E-state index < -0.39 is 0 Å². The number of anilines is 1. The maximum Gasteiger partial charge on any atom is 0.251 e. The van der Waals surface area contributed by atoms with Crippen molar-refractivity contribution in [1.29, 1.82) is 0 Å². The molecule has 3 aromatic rings. The van der Waals surface area contributed by atoms with E-state index >= 15 is 0 Å². The maximum atomic E-state index is 14.7. The maximum absolute atomic E-state index is 14.7. The third-order valence-electron chi connectivity index (χ3n) is 6.97. The van der Waals surface area contributed by atoms with Crippen LogP contribution in [0.4, 0.5) is 10.2 Å². The Morgan fingerprint density at radius 2 is 2.00 bits per heavy atom. The van der Waals surface area contributed by atoms with Crippen LogP contribution in [-0.2, 0) is 17.9 Å². The number of carbonyl (C=O) groups is 1. The van der Waals surface area contributed by atoms with E-state index in [2.05, 4.69) is 25.5 Å². The molecule has 1 fully saturated rings. The van der Waals surface area contributed by atoms with Gasteiger partial charge in [-0.2, -0.15) is 0 Å². The zero-order valence-electron chi connectivity index (χ0n) is 19.0. The number of piperidine rings is 1. The van der Waals surface area contributed by atoms with E-state index in [9.17, 15) is 14.0 Å². The molecule has 0 radical (unpaired) electrons. The fraction of sp³-hybridized carbons (Fsp3) is 0.417. The molecule has 1 amide bonds. The number of carbonyl (C=O) groups excluding carboxylic acids is 1. The van der Waals surface area contributed by atoms with Crippen LogP contribution in [-0.4, -0.2) is 56.8 Å². The van der Waals surface area contributed by atoms with Crippen LogP contribution >= 0.6 is 24.2 Å². The number of likely N-dealkylation sites (tertiary alicyclic amines) is 1. The number of rotatable bonds is 5. The lowest BCUT2D eigenvalue weighted by Crippen LogP contribution is -2.43. The molecule has 3 aliphatic rings. The van der Waals surface area contributed by atoms with Crippen molar-refractivity contribution in [2.45, 2.75) is 42.8 Å². The molecule has 0 aliphatic carbocycles. The van der Waals surface area contributed by atoms with Gasteiger partial charge in [0.25, 0.3) is 5.56 Å². The van der Waals surface area contributed by atoms with Crippen molar-refractivity contribution in [3.8, 4) is 0 Å². The van der Waals surface area contributed by atoms with Gasteiger partial charge in [0.15, 0.2) is 0 Å². The van der Waals surface area contributed by atoms with Gasteiger partial charge in [0.05, 0.1) is 33.6 Å². The van der Waals surface area contributed by atoms with Crippen molar-refractivity contribution in [1.82, 2.24) is 24.8 Å². The van der Waals surface area contributed by atoms with E-state index in [0.717, 1.165) is 43.1 Å². The number of amides is 1. The Labute approximate surface area is 212 Å². The SMILES string of the molecule is Cl.O=C1CSc2ccc(CNC3CCN(CC4Cn5c(=O)ccc6ncc(F)c4c65)CC3)nc2N1. The number of fused-ring (bicyclic) bond motifs is 1. The normalized spacial score (nSPS) is 19.9. The van der Waals surface area contributed by atoms with Crippen LogP contribution in [0, 0.1) is 5.82 Å². The summed E-state index contributed by atoms with van der Waals surface area (Å²) in [5.41, 5.74) is 2.78. The first-order chi connectivity index (χ1) is 16.5. The summed E-state index contributed by atoms with van der Waals surface area (Å²) in [5.74, 6) is 0.721. The largest absolute Gasteiger partial charge is 0.309 e. The monoisotopic (exact) mass is 516 g/mol. The molecular formula is C24H26ClFN6O2S. The highest BCUT2D eigenvalue weighted by molar-refractivity contribution is 8.00. The van der Waals surface area contributed by atoms with Crippen LogP contribution in [0.15, 0.2) is 40.2 Å². The van der Waals surface area contributed by atoms with Crippen molar-refractivity contribution in [2.75, 3.05) is 30.7 Å². The van der Waals surface area contributed by atoms with Crippen molar-refractivity contribution < 1.29 is 9.18 Å². The topological polar surface area (TPSA) is 92.2 Å². The molecule has 184 valence electrons. The van der Waals surface area contributed by atoms with Gasteiger partial charge in [-0.15, -0.1) is 24.2 Å². The molecule has 35 heavy (non-hydrogen) atoms. The van der Waals surface area contributed by atoms with E-state index in [1.807, 2.05) is 12.1 Å². The Morgan fingerprint density at radius 1 is 1.17 bits per heavy atom. The number of nitrogens with zero attached hydrogens (tertiary/aromatic N) is 4. The summed E-state index contributed by atoms with van der Waals surface area (Å²) in [5, 5.41) is 6.44. The highest BCUT2D eigenvalue weighted by atomic mass is 35.5. The highest BCUT2D eigenvalue weighted by Crippen LogP contribution is 2.34. The predicted octanol–water partition coefficient (Wildman–Crippen LogP) is 2.75. The number of hydrogen-bond donors (Lipinski definition) is 2. The molecule has 1 atom stereocenters. The molecular weight excluding hydrogens is 491 g/mol. The third-order valence-corrected chi connectivity index (χ3v) is 8.02. The van der Waals surface area contributed by atoms with Crippen LogP contribution in [0.1, 0.15) is 30.0 Å². The Balaban J connectivity index is 0.00000253. The van der Waals surface area contributed by atoms with Crippen molar-refractivity contribution in [2.24, 2.45) is 0 Å². The van der Waals surface area contributed by atoms with Gasteiger partial charge in [0.2, 0.25) is 5.91 Å². The van der Waals surface area contributed by atoms with Crippen LogP contribution < -0.4 is 16.2 Å². The molecule has 11 heteroatoms. The summed E-state index contributed by atoms with van der Waals surface area (Å²) in [4.78, 5) is 36.1. The Morgan fingerprint density at radius 3 is 2.83 bits per heavy atom. The smallest absolute Gasteiger partial charge is 0.251 e. The summed E-state index contributed by atoms with van der Waals surface area (Å²) in [6.07, 6.45) is 3.26. The van der Waals surface area contributed by atoms with Gasteiger partial charge >= 0.3 is 0 Å². The van der Waals surface area contributed by atoms with Gasteiger partial charge in [0.1, 0.15) is 11.6 Å². The third kappa shape index (κ3) is 4.67. The lowest BCUT2D eigenvalue weighted by atomic mass is 9.98. The molecule has 8 nitrogen and oxygen atoms in total. The summed E-state index contributed by atoms with van der Waals surface area (Å²) in [6.45, 7) is 3.72. The minimum atomic E-state index is -0.321. The zero-order valence-corrected chi connectivity index (χ0v) is 20.6. The highest BCUT2D eigenvalue weighted by Gasteiger charge is 2.31. The molecule has 0 spiro atoms. The molecule has 0 aromatic carbocycles. The van der Waals surface area contributed by atoms with Crippen molar-refractivity contribution >= 4 is 46.9 Å².